The Hall–Kier alpha value is -2.40. The zero-order chi connectivity index (χ0) is 25.3. The molecule has 2 aliphatic heterocycles. The van der Waals surface area contributed by atoms with E-state index < -0.39 is 36.1 Å². The summed E-state index contributed by atoms with van der Waals surface area (Å²) in [5, 5.41) is 2.60. The minimum absolute atomic E-state index is 0.0964. The van der Waals surface area contributed by atoms with Gasteiger partial charge >= 0.3 is 19.2 Å². The van der Waals surface area contributed by atoms with E-state index in [4.69, 9.17) is 18.8 Å². The fourth-order valence-electron chi connectivity index (χ4n) is 3.65. The zero-order valence-corrected chi connectivity index (χ0v) is 21.5. The first-order valence-corrected chi connectivity index (χ1v) is 11.8. The molecule has 1 unspecified atom stereocenters. The Balaban J connectivity index is 1.46. The van der Waals surface area contributed by atoms with Gasteiger partial charge in [0.25, 0.3) is 0 Å². The average molecular weight is 476 g/mol. The van der Waals surface area contributed by atoms with Crippen molar-refractivity contribution in [3.8, 4) is 6.01 Å². The van der Waals surface area contributed by atoms with Crippen molar-refractivity contribution in [3.63, 3.8) is 0 Å². The standard InChI is InChI=1S/C23H37BN4O6/c1-15(27-20(30)32-21(2,3)4)18(29)28-11-9-17(10-12-28)31-19-25-13-16(14-26-19)24-33-22(5,6)23(7,8)34-24/h13-15,17H,9-12H2,1-8H3,(H,27,30). The molecule has 0 aromatic carbocycles. The largest absolute Gasteiger partial charge is 0.498 e. The van der Waals surface area contributed by atoms with E-state index in [9.17, 15) is 9.59 Å². The Morgan fingerprint density at radius 1 is 1.12 bits per heavy atom. The molecule has 11 heteroatoms. The Kier molecular flexibility index (Phi) is 7.47. The summed E-state index contributed by atoms with van der Waals surface area (Å²) in [4.78, 5) is 35.0. The van der Waals surface area contributed by atoms with Crippen LogP contribution in [0.2, 0.25) is 0 Å². The van der Waals surface area contributed by atoms with Crippen molar-refractivity contribution in [1.29, 1.82) is 0 Å². The Labute approximate surface area is 202 Å². The third-order valence-corrected chi connectivity index (χ3v) is 6.30. The lowest BCUT2D eigenvalue weighted by molar-refractivity contribution is -0.134. The van der Waals surface area contributed by atoms with E-state index >= 15 is 0 Å². The Bertz CT molecular complexity index is 862. The summed E-state index contributed by atoms with van der Waals surface area (Å²) in [5.74, 6) is -0.146. The van der Waals surface area contributed by atoms with Crippen LogP contribution in [-0.4, -0.2) is 76.0 Å². The van der Waals surface area contributed by atoms with Crippen LogP contribution in [0.25, 0.3) is 0 Å². The fourth-order valence-corrected chi connectivity index (χ4v) is 3.65. The minimum atomic E-state index is -0.668. The second-order valence-corrected chi connectivity index (χ2v) is 10.9. The van der Waals surface area contributed by atoms with Crippen LogP contribution in [-0.2, 0) is 18.8 Å². The summed E-state index contributed by atoms with van der Waals surface area (Å²) in [7, 11) is -0.524. The molecule has 1 aromatic heterocycles. The van der Waals surface area contributed by atoms with Crippen LogP contribution >= 0.6 is 0 Å². The number of rotatable bonds is 5. The number of piperidine rings is 1. The van der Waals surface area contributed by atoms with Gasteiger partial charge in [0.2, 0.25) is 5.91 Å². The molecule has 0 bridgehead atoms. The first-order valence-electron chi connectivity index (χ1n) is 11.8. The van der Waals surface area contributed by atoms with E-state index in [1.807, 2.05) is 27.7 Å². The molecule has 1 N–H and O–H groups in total. The van der Waals surface area contributed by atoms with Crippen molar-refractivity contribution in [3.05, 3.63) is 12.4 Å². The maximum Gasteiger partial charge on any atom is 0.498 e. The third-order valence-electron chi connectivity index (χ3n) is 6.30. The maximum absolute atomic E-state index is 12.7. The van der Waals surface area contributed by atoms with E-state index in [-0.39, 0.29) is 18.0 Å². The van der Waals surface area contributed by atoms with Crippen LogP contribution in [0.1, 0.15) is 68.2 Å². The highest BCUT2D eigenvalue weighted by molar-refractivity contribution is 6.61. The third kappa shape index (κ3) is 6.38. The molecule has 2 saturated heterocycles. The average Bonchev–Trinajstić information content (AvgIpc) is 2.94. The van der Waals surface area contributed by atoms with E-state index in [1.165, 1.54) is 0 Å². The number of carbonyl (C=O) groups excluding carboxylic acids is 2. The molecule has 3 rings (SSSR count). The first-order chi connectivity index (χ1) is 15.7. The first kappa shape index (κ1) is 26.2. The maximum atomic E-state index is 12.7. The molecular formula is C23H37BN4O6. The van der Waals surface area contributed by atoms with Crippen molar-refractivity contribution < 1.29 is 28.4 Å². The fraction of sp³-hybridized carbons (Fsp3) is 0.739. The predicted octanol–water partition coefficient (Wildman–Crippen LogP) is 2.06. The summed E-state index contributed by atoms with van der Waals surface area (Å²) >= 11 is 0. The molecular weight excluding hydrogens is 439 g/mol. The number of ether oxygens (including phenoxy) is 2. The van der Waals surface area contributed by atoms with Gasteiger partial charge in [-0.15, -0.1) is 0 Å². The van der Waals surface area contributed by atoms with Gasteiger partial charge in [-0.1, -0.05) is 0 Å². The second-order valence-electron chi connectivity index (χ2n) is 10.9. The van der Waals surface area contributed by atoms with Gasteiger partial charge in [0.1, 0.15) is 17.7 Å². The topological polar surface area (TPSA) is 112 Å². The number of hydrogen-bond donors (Lipinski definition) is 1. The number of alkyl carbamates (subject to hydrolysis) is 1. The predicted molar refractivity (Wildman–Crippen MR) is 127 cm³/mol. The summed E-state index contributed by atoms with van der Waals surface area (Å²) in [6.45, 7) is 16.0. The Morgan fingerprint density at radius 3 is 2.15 bits per heavy atom. The molecule has 34 heavy (non-hydrogen) atoms. The highest BCUT2D eigenvalue weighted by Gasteiger charge is 2.52. The molecule has 0 aliphatic carbocycles. The number of hydrogen-bond acceptors (Lipinski definition) is 8. The van der Waals surface area contributed by atoms with E-state index in [0.717, 1.165) is 5.46 Å². The van der Waals surface area contributed by atoms with Crippen molar-refractivity contribution in [2.45, 2.75) is 97.2 Å². The molecule has 2 fully saturated rings. The van der Waals surface area contributed by atoms with E-state index in [0.29, 0.717) is 25.9 Å². The van der Waals surface area contributed by atoms with Gasteiger partial charge < -0.3 is 29.0 Å². The van der Waals surface area contributed by atoms with Crippen LogP contribution in [0.4, 0.5) is 4.79 Å². The number of aromatic nitrogens is 2. The van der Waals surface area contributed by atoms with Gasteiger partial charge in [0.05, 0.1) is 11.2 Å². The lowest BCUT2D eigenvalue weighted by atomic mass is 9.81. The smallest absolute Gasteiger partial charge is 0.460 e. The number of amides is 2. The molecule has 0 radical (unpaired) electrons. The summed E-state index contributed by atoms with van der Waals surface area (Å²) in [6, 6.07) is -0.386. The lowest BCUT2D eigenvalue weighted by Crippen LogP contribution is -2.51. The van der Waals surface area contributed by atoms with Crippen LogP contribution in [0.3, 0.4) is 0 Å². The number of nitrogens with zero attached hydrogens (tertiary/aromatic N) is 3. The number of likely N-dealkylation sites (tertiary alicyclic amines) is 1. The van der Waals surface area contributed by atoms with Crippen molar-refractivity contribution in [1.82, 2.24) is 20.2 Å². The summed E-state index contributed by atoms with van der Waals surface area (Å²) < 4.78 is 23.2. The van der Waals surface area contributed by atoms with Crippen LogP contribution in [0, 0.1) is 0 Å². The SMILES string of the molecule is CC(NC(=O)OC(C)(C)C)C(=O)N1CCC(Oc2ncc(B3OC(C)(C)C(C)(C)O3)cn2)CC1. The van der Waals surface area contributed by atoms with E-state index in [1.54, 1.807) is 45.0 Å². The number of nitrogens with one attached hydrogen (secondary N) is 1. The van der Waals surface area contributed by atoms with Gasteiger partial charge in [-0.05, 0) is 55.4 Å². The molecule has 1 aromatic rings. The highest BCUT2D eigenvalue weighted by atomic mass is 16.7. The van der Waals surface area contributed by atoms with Crippen molar-refractivity contribution in [2.75, 3.05) is 13.1 Å². The van der Waals surface area contributed by atoms with Crippen LogP contribution in [0.15, 0.2) is 12.4 Å². The van der Waals surface area contributed by atoms with E-state index in [2.05, 4.69) is 15.3 Å². The molecule has 188 valence electrons. The normalized spacial score (nSPS) is 21.2. The van der Waals surface area contributed by atoms with Crippen LogP contribution in [0.5, 0.6) is 6.01 Å². The molecule has 0 spiro atoms. The van der Waals surface area contributed by atoms with Crippen LogP contribution < -0.4 is 15.5 Å². The number of carbonyl (C=O) groups is 2. The van der Waals surface area contributed by atoms with Gasteiger partial charge in [-0.2, -0.15) is 0 Å². The summed E-state index contributed by atoms with van der Waals surface area (Å²) in [5.41, 5.74) is -0.749. The lowest BCUT2D eigenvalue weighted by Gasteiger charge is -2.33. The quantitative estimate of drug-likeness (QED) is 0.643. The van der Waals surface area contributed by atoms with Gasteiger partial charge in [0.15, 0.2) is 0 Å². The van der Waals surface area contributed by atoms with Crippen molar-refractivity contribution >= 4 is 24.6 Å². The molecule has 3 heterocycles. The monoisotopic (exact) mass is 476 g/mol. The van der Waals surface area contributed by atoms with Crippen molar-refractivity contribution in [2.24, 2.45) is 0 Å². The molecule has 1 atom stereocenters. The Morgan fingerprint density at radius 2 is 1.65 bits per heavy atom. The second kappa shape index (κ2) is 9.69. The summed E-state index contributed by atoms with van der Waals surface area (Å²) in [6.07, 6.45) is 3.91. The highest BCUT2D eigenvalue weighted by Crippen LogP contribution is 2.36. The molecule has 2 aliphatic rings. The van der Waals surface area contributed by atoms with Gasteiger partial charge in [-0.25, -0.2) is 14.8 Å². The van der Waals surface area contributed by atoms with Gasteiger partial charge in [-0.3, -0.25) is 4.79 Å². The molecule has 0 saturated carbocycles. The minimum Gasteiger partial charge on any atom is -0.460 e. The molecule has 2 amide bonds. The van der Waals surface area contributed by atoms with Gasteiger partial charge in [0, 0.05) is 43.8 Å². The molecule has 10 nitrogen and oxygen atoms in total. The zero-order valence-electron chi connectivity index (χ0n) is 21.5.